The second kappa shape index (κ2) is 8.44. The highest BCUT2D eigenvalue weighted by molar-refractivity contribution is 7.98. The standard InChI is InChI=1S/C19H16Cl2N2O2S2/c20-14-4-7-17(8-5-14)27(24,25)23-18-11-15(21)6-9-19(18)26-12-13-2-1-3-16(22)10-13/h1-11,23H,12,22H2. The normalized spacial score (nSPS) is 11.3. The van der Waals surface area contributed by atoms with E-state index in [2.05, 4.69) is 4.72 Å². The van der Waals surface area contributed by atoms with E-state index in [0.29, 0.717) is 27.2 Å². The van der Waals surface area contributed by atoms with Crippen molar-refractivity contribution in [3.8, 4) is 0 Å². The van der Waals surface area contributed by atoms with Crippen LogP contribution in [0.15, 0.2) is 76.5 Å². The molecule has 8 heteroatoms. The van der Waals surface area contributed by atoms with Gasteiger partial charge in [0.05, 0.1) is 10.6 Å². The Morgan fingerprint density at radius 1 is 0.926 bits per heavy atom. The number of benzene rings is 3. The lowest BCUT2D eigenvalue weighted by Crippen LogP contribution is -2.13. The van der Waals surface area contributed by atoms with Crippen LogP contribution in [0.3, 0.4) is 0 Å². The van der Waals surface area contributed by atoms with Crippen LogP contribution in [0.1, 0.15) is 5.56 Å². The molecule has 3 N–H and O–H groups in total. The largest absolute Gasteiger partial charge is 0.399 e. The summed E-state index contributed by atoms with van der Waals surface area (Å²) in [5, 5.41) is 0.909. The van der Waals surface area contributed by atoms with Crippen LogP contribution in [0.25, 0.3) is 0 Å². The summed E-state index contributed by atoms with van der Waals surface area (Å²) in [5.74, 6) is 0.641. The summed E-state index contributed by atoms with van der Waals surface area (Å²) in [6, 6.07) is 18.6. The fourth-order valence-corrected chi connectivity index (χ4v) is 4.73. The van der Waals surface area contributed by atoms with Gasteiger partial charge in [-0.1, -0.05) is 35.3 Å². The minimum Gasteiger partial charge on any atom is -0.399 e. The van der Waals surface area contributed by atoms with Crippen LogP contribution in [0.5, 0.6) is 0 Å². The molecule has 0 aliphatic rings. The van der Waals surface area contributed by atoms with Crippen LogP contribution in [-0.4, -0.2) is 8.42 Å². The first-order chi connectivity index (χ1) is 12.8. The summed E-state index contributed by atoms with van der Waals surface area (Å²) in [5.41, 5.74) is 7.96. The van der Waals surface area contributed by atoms with Gasteiger partial charge < -0.3 is 5.73 Å². The maximum Gasteiger partial charge on any atom is 0.261 e. The van der Waals surface area contributed by atoms with Crippen molar-refractivity contribution in [1.29, 1.82) is 0 Å². The Hall–Kier alpha value is -1.86. The molecule has 0 atom stereocenters. The molecule has 0 saturated heterocycles. The van der Waals surface area contributed by atoms with Gasteiger partial charge in [-0.2, -0.15) is 0 Å². The van der Waals surface area contributed by atoms with E-state index in [-0.39, 0.29) is 4.90 Å². The molecule has 0 fully saturated rings. The van der Waals surface area contributed by atoms with E-state index in [9.17, 15) is 8.42 Å². The van der Waals surface area contributed by atoms with E-state index in [0.717, 1.165) is 10.5 Å². The van der Waals surface area contributed by atoms with Crippen molar-refractivity contribution in [2.45, 2.75) is 15.5 Å². The maximum atomic E-state index is 12.7. The quantitative estimate of drug-likeness (QED) is 0.384. The minimum absolute atomic E-state index is 0.124. The molecule has 0 unspecified atom stereocenters. The zero-order valence-electron chi connectivity index (χ0n) is 14.0. The van der Waals surface area contributed by atoms with Crippen LogP contribution in [0.4, 0.5) is 11.4 Å². The third kappa shape index (κ3) is 5.32. The third-order valence-corrected chi connectivity index (χ3v) is 6.67. The number of hydrogen-bond donors (Lipinski definition) is 2. The zero-order valence-corrected chi connectivity index (χ0v) is 17.2. The maximum absolute atomic E-state index is 12.7. The molecule has 140 valence electrons. The molecule has 3 rings (SSSR count). The van der Waals surface area contributed by atoms with Gasteiger partial charge in [-0.3, -0.25) is 4.72 Å². The summed E-state index contributed by atoms with van der Waals surface area (Å²) >= 11 is 13.4. The topological polar surface area (TPSA) is 72.2 Å². The lowest BCUT2D eigenvalue weighted by atomic mass is 10.2. The van der Waals surface area contributed by atoms with Gasteiger partial charge in [0, 0.05) is 26.4 Å². The fraction of sp³-hybridized carbons (Fsp3) is 0.0526. The summed E-state index contributed by atoms with van der Waals surface area (Å²) in [6.45, 7) is 0. The second-order valence-electron chi connectivity index (χ2n) is 5.73. The zero-order chi connectivity index (χ0) is 19.4. The van der Waals surface area contributed by atoms with Crippen molar-refractivity contribution in [2.75, 3.05) is 10.5 Å². The number of hydrogen-bond acceptors (Lipinski definition) is 4. The van der Waals surface area contributed by atoms with Crippen LogP contribution in [0.2, 0.25) is 10.0 Å². The molecular weight excluding hydrogens is 423 g/mol. The number of thioether (sulfide) groups is 1. The van der Waals surface area contributed by atoms with Gasteiger partial charge >= 0.3 is 0 Å². The van der Waals surface area contributed by atoms with Crippen molar-refractivity contribution in [3.63, 3.8) is 0 Å². The summed E-state index contributed by atoms with van der Waals surface area (Å²) in [7, 11) is -3.76. The van der Waals surface area contributed by atoms with E-state index < -0.39 is 10.0 Å². The third-order valence-electron chi connectivity index (χ3n) is 3.66. The van der Waals surface area contributed by atoms with E-state index in [1.165, 1.54) is 36.0 Å². The van der Waals surface area contributed by atoms with Gasteiger partial charge in [-0.15, -0.1) is 11.8 Å². The molecule has 0 aliphatic carbocycles. The number of nitrogens with two attached hydrogens (primary N) is 1. The molecule has 27 heavy (non-hydrogen) atoms. The lowest BCUT2D eigenvalue weighted by molar-refractivity contribution is 0.601. The van der Waals surface area contributed by atoms with Crippen LogP contribution >= 0.6 is 35.0 Å². The number of halogens is 2. The van der Waals surface area contributed by atoms with E-state index >= 15 is 0 Å². The Kier molecular flexibility index (Phi) is 6.22. The number of sulfonamides is 1. The van der Waals surface area contributed by atoms with Gasteiger partial charge in [0.2, 0.25) is 0 Å². The highest BCUT2D eigenvalue weighted by Crippen LogP contribution is 2.34. The van der Waals surface area contributed by atoms with Gasteiger partial charge in [-0.25, -0.2) is 8.42 Å². The summed E-state index contributed by atoms with van der Waals surface area (Å²) < 4.78 is 28.0. The van der Waals surface area contributed by atoms with Gasteiger partial charge in [0.25, 0.3) is 10.0 Å². The second-order valence-corrected chi connectivity index (χ2v) is 9.31. The predicted molar refractivity (Wildman–Crippen MR) is 114 cm³/mol. The first-order valence-electron chi connectivity index (χ1n) is 7.89. The number of anilines is 2. The monoisotopic (exact) mass is 438 g/mol. The van der Waals surface area contributed by atoms with Crippen LogP contribution in [-0.2, 0) is 15.8 Å². The smallest absolute Gasteiger partial charge is 0.261 e. The SMILES string of the molecule is Nc1cccc(CSc2ccc(Cl)cc2NS(=O)(=O)c2ccc(Cl)cc2)c1. The van der Waals surface area contributed by atoms with Crippen molar-refractivity contribution in [1.82, 2.24) is 0 Å². The van der Waals surface area contributed by atoms with Crippen molar-refractivity contribution in [3.05, 3.63) is 82.3 Å². The molecule has 0 amide bonds. The molecular formula is C19H16Cl2N2O2S2. The molecule has 3 aromatic carbocycles. The molecule has 0 aliphatic heterocycles. The highest BCUT2D eigenvalue weighted by Gasteiger charge is 2.16. The van der Waals surface area contributed by atoms with Crippen LogP contribution < -0.4 is 10.5 Å². The highest BCUT2D eigenvalue weighted by atomic mass is 35.5. The van der Waals surface area contributed by atoms with Crippen LogP contribution in [0, 0.1) is 0 Å². The Labute approximate surface area is 172 Å². The van der Waals surface area contributed by atoms with Gasteiger partial charge in [0.1, 0.15) is 0 Å². The molecule has 0 saturated carbocycles. The average Bonchev–Trinajstić information content (AvgIpc) is 2.61. The number of nitrogen functional groups attached to an aromatic ring is 1. The molecule has 0 heterocycles. The van der Waals surface area contributed by atoms with Gasteiger partial charge in [-0.05, 0) is 60.2 Å². The van der Waals surface area contributed by atoms with Gasteiger partial charge in [0.15, 0.2) is 0 Å². The number of rotatable bonds is 6. The van der Waals surface area contributed by atoms with E-state index in [4.69, 9.17) is 28.9 Å². The van der Waals surface area contributed by atoms with E-state index in [1.54, 1.807) is 18.2 Å². The number of nitrogens with one attached hydrogen (secondary N) is 1. The van der Waals surface area contributed by atoms with Crippen molar-refractivity contribution in [2.24, 2.45) is 0 Å². The minimum atomic E-state index is -3.76. The van der Waals surface area contributed by atoms with E-state index in [1.807, 2.05) is 24.3 Å². The summed E-state index contributed by atoms with van der Waals surface area (Å²) in [6.07, 6.45) is 0. The molecule has 0 aromatic heterocycles. The Morgan fingerprint density at radius 3 is 2.33 bits per heavy atom. The Balaban J connectivity index is 1.84. The Morgan fingerprint density at radius 2 is 1.63 bits per heavy atom. The first-order valence-corrected chi connectivity index (χ1v) is 11.1. The predicted octanol–water partition coefficient (Wildman–Crippen LogP) is 5.67. The molecule has 3 aromatic rings. The lowest BCUT2D eigenvalue weighted by Gasteiger charge is -2.13. The Bertz CT molecular complexity index is 1060. The first kappa shape index (κ1) is 19.9. The van der Waals surface area contributed by atoms with Crippen molar-refractivity contribution < 1.29 is 8.42 Å². The molecule has 0 spiro atoms. The van der Waals surface area contributed by atoms with Crippen molar-refractivity contribution >= 4 is 56.4 Å². The summed E-state index contributed by atoms with van der Waals surface area (Å²) in [4.78, 5) is 0.887. The fourth-order valence-electron chi connectivity index (χ4n) is 2.37. The average molecular weight is 439 g/mol. The molecule has 4 nitrogen and oxygen atoms in total. The molecule has 0 bridgehead atoms. The molecule has 0 radical (unpaired) electrons.